The summed E-state index contributed by atoms with van der Waals surface area (Å²) in [6.07, 6.45) is 3.80. The fourth-order valence-electron chi connectivity index (χ4n) is 3.88. The first-order valence-electron chi connectivity index (χ1n) is 10.4. The Labute approximate surface area is 193 Å². The Morgan fingerprint density at radius 2 is 1.55 bits per heavy atom. The summed E-state index contributed by atoms with van der Waals surface area (Å²) in [5.74, 6) is 1.11. The van der Waals surface area contributed by atoms with Gasteiger partial charge in [-0.15, -0.1) is 0 Å². The Hall–Kier alpha value is -4.19. The molecule has 0 saturated carbocycles. The molecule has 0 unspecified atom stereocenters. The summed E-state index contributed by atoms with van der Waals surface area (Å²) in [6.45, 7) is 2.04. The lowest BCUT2D eigenvalue weighted by Crippen LogP contribution is -2.05. The van der Waals surface area contributed by atoms with E-state index in [1.807, 2.05) is 66.3 Å². The van der Waals surface area contributed by atoms with E-state index in [9.17, 15) is 4.79 Å². The van der Waals surface area contributed by atoms with Crippen LogP contribution in [0.1, 0.15) is 21.5 Å². The number of nitrogens with two attached hydrogens (primary N) is 1. The number of carbonyl (C=O) groups is 1. The summed E-state index contributed by atoms with van der Waals surface area (Å²) < 4.78 is 18.2. The largest absolute Gasteiger partial charge is 0.493 e. The number of anilines is 1. The molecule has 168 valence electrons. The highest BCUT2D eigenvalue weighted by Gasteiger charge is 2.22. The monoisotopic (exact) mass is 442 g/mol. The van der Waals surface area contributed by atoms with Gasteiger partial charge in [0, 0.05) is 40.5 Å². The van der Waals surface area contributed by atoms with Crippen LogP contribution in [-0.2, 0) is 0 Å². The maximum atomic E-state index is 13.8. The van der Waals surface area contributed by atoms with E-state index in [1.165, 1.54) is 21.3 Å². The van der Waals surface area contributed by atoms with Crippen LogP contribution in [0.2, 0.25) is 0 Å². The Bertz CT molecular complexity index is 1300. The molecule has 3 aromatic carbocycles. The molecular formula is C27H26N2O4. The SMILES string of the molecule is COc1cc(C(=O)c2cn(-c3cccc(C)c3)cc2-c2cccc(N)c2)cc(OC)c1OC. The Morgan fingerprint density at radius 3 is 2.15 bits per heavy atom. The average molecular weight is 443 g/mol. The Kier molecular flexibility index (Phi) is 6.09. The van der Waals surface area contributed by atoms with Crippen molar-refractivity contribution in [2.75, 3.05) is 27.1 Å². The maximum absolute atomic E-state index is 13.8. The molecule has 0 aliphatic rings. The lowest BCUT2D eigenvalue weighted by atomic mass is 9.97. The molecule has 6 nitrogen and oxygen atoms in total. The van der Waals surface area contributed by atoms with Gasteiger partial charge in [-0.2, -0.15) is 0 Å². The minimum atomic E-state index is -0.168. The number of aromatic nitrogens is 1. The highest BCUT2D eigenvalue weighted by molar-refractivity contribution is 6.13. The third-order valence-corrected chi connectivity index (χ3v) is 5.50. The van der Waals surface area contributed by atoms with E-state index in [1.54, 1.807) is 12.1 Å². The molecule has 0 saturated heterocycles. The number of nitrogen functional groups attached to an aromatic ring is 1. The van der Waals surface area contributed by atoms with Crippen molar-refractivity contribution in [3.63, 3.8) is 0 Å². The van der Waals surface area contributed by atoms with Crippen molar-refractivity contribution in [2.24, 2.45) is 0 Å². The minimum Gasteiger partial charge on any atom is -0.493 e. The standard InChI is InChI=1S/C27H26N2O4/c1-17-7-5-10-21(11-17)29-15-22(18-8-6-9-20(28)12-18)23(16-29)26(30)19-13-24(31-2)27(33-4)25(14-19)32-3/h5-16H,28H2,1-4H3. The summed E-state index contributed by atoms with van der Waals surface area (Å²) in [7, 11) is 4.58. The molecule has 33 heavy (non-hydrogen) atoms. The first-order valence-corrected chi connectivity index (χ1v) is 10.4. The van der Waals surface area contributed by atoms with E-state index in [-0.39, 0.29) is 5.78 Å². The molecule has 0 spiro atoms. The lowest BCUT2D eigenvalue weighted by Gasteiger charge is -2.14. The number of carbonyl (C=O) groups excluding carboxylic acids is 1. The molecule has 0 aliphatic carbocycles. The number of methoxy groups -OCH3 is 3. The van der Waals surface area contributed by atoms with Gasteiger partial charge in [-0.05, 0) is 54.4 Å². The van der Waals surface area contributed by atoms with E-state index in [0.29, 0.717) is 34.1 Å². The summed E-state index contributed by atoms with van der Waals surface area (Å²) in [4.78, 5) is 13.8. The zero-order valence-corrected chi connectivity index (χ0v) is 19.1. The molecule has 4 aromatic rings. The van der Waals surface area contributed by atoms with Gasteiger partial charge < -0.3 is 24.5 Å². The molecule has 0 aliphatic heterocycles. The summed E-state index contributed by atoms with van der Waals surface area (Å²) >= 11 is 0. The fourth-order valence-corrected chi connectivity index (χ4v) is 3.88. The van der Waals surface area contributed by atoms with Crippen molar-refractivity contribution >= 4 is 11.5 Å². The van der Waals surface area contributed by atoms with Gasteiger partial charge >= 0.3 is 0 Å². The number of hydrogen-bond donors (Lipinski definition) is 1. The number of aryl methyl sites for hydroxylation is 1. The molecule has 1 heterocycles. The molecule has 0 bridgehead atoms. The molecule has 0 radical (unpaired) electrons. The number of hydrogen-bond acceptors (Lipinski definition) is 5. The lowest BCUT2D eigenvalue weighted by molar-refractivity contribution is 0.103. The topological polar surface area (TPSA) is 75.7 Å². The van der Waals surface area contributed by atoms with E-state index in [4.69, 9.17) is 19.9 Å². The van der Waals surface area contributed by atoms with E-state index in [0.717, 1.165) is 22.4 Å². The summed E-state index contributed by atoms with van der Waals surface area (Å²) in [5.41, 5.74) is 11.4. The second-order valence-corrected chi connectivity index (χ2v) is 7.70. The zero-order valence-electron chi connectivity index (χ0n) is 19.1. The first kappa shape index (κ1) is 22.0. The molecular weight excluding hydrogens is 416 g/mol. The quantitative estimate of drug-likeness (QED) is 0.311. The number of nitrogens with zero attached hydrogens (tertiary/aromatic N) is 1. The zero-order chi connectivity index (χ0) is 23.5. The molecule has 1 aromatic heterocycles. The van der Waals surface area contributed by atoms with Crippen LogP contribution in [0.15, 0.2) is 73.1 Å². The Balaban J connectivity index is 1.90. The van der Waals surface area contributed by atoms with Crippen molar-refractivity contribution in [2.45, 2.75) is 6.92 Å². The smallest absolute Gasteiger partial charge is 0.203 e. The van der Waals surface area contributed by atoms with Crippen molar-refractivity contribution in [3.05, 3.63) is 89.7 Å². The van der Waals surface area contributed by atoms with E-state index in [2.05, 4.69) is 6.07 Å². The fraction of sp³-hybridized carbons (Fsp3) is 0.148. The van der Waals surface area contributed by atoms with Gasteiger partial charge in [0.05, 0.1) is 21.3 Å². The molecule has 0 atom stereocenters. The highest BCUT2D eigenvalue weighted by atomic mass is 16.5. The van der Waals surface area contributed by atoms with Gasteiger partial charge in [-0.25, -0.2) is 0 Å². The predicted molar refractivity (Wildman–Crippen MR) is 130 cm³/mol. The van der Waals surface area contributed by atoms with Gasteiger partial charge in [-0.1, -0.05) is 24.3 Å². The molecule has 0 fully saturated rings. The minimum absolute atomic E-state index is 0.168. The van der Waals surface area contributed by atoms with Crippen molar-refractivity contribution in [1.82, 2.24) is 4.57 Å². The Morgan fingerprint density at radius 1 is 0.848 bits per heavy atom. The van der Waals surface area contributed by atoms with Crippen molar-refractivity contribution < 1.29 is 19.0 Å². The number of ether oxygens (including phenoxy) is 3. The normalized spacial score (nSPS) is 10.7. The van der Waals surface area contributed by atoms with Gasteiger partial charge in [0.15, 0.2) is 17.3 Å². The van der Waals surface area contributed by atoms with Crippen molar-refractivity contribution in [1.29, 1.82) is 0 Å². The number of benzene rings is 3. The van der Waals surface area contributed by atoms with Crippen LogP contribution in [0.5, 0.6) is 17.2 Å². The highest BCUT2D eigenvalue weighted by Crippen LogP contribution is 2.39. The van der Waals surface area contributed by atoms with Crippen LogP contribution >= 0.6 is 0 Å². The summed E-state index contributed by atoms with van der Waals surface area (Å²) in [5, 5.41) is 0. The average Bonchev–Trinajstić information content (AvgIpc) is 3.28. The maximum Gasteiger partial charge on any atom is 0.203 e. The number of rotatable bonds is 7. The van der Waals surface area contributed by atoms with E-state index >= 15 is 0 Å². The summed E-state index contributed by atoms with van der Waals surface area (Å²) in [6, 6.07) is 18.9. The van der Waals surface area contributed by atoms with Gasteiger partial charge in [-0.3, -0.25) is 4.79 Å². The number of ketones is 1. The third-order valence-electron chi connectivity index (χ3n) is 5.50. The van der Waals surface area contributed by atoms with Gasteiger partial charge in [0.25, 0.3) is 0 Å². The molecule has 4 rings (SSSR count). The van der Waals surface area contributed by atoms with Crippen LogP contribution in [0.25, 0.3) is 16.8 Å². The first-order chi connectivity index (χ1) is 15.9. The molecule has 0 amide bonds. The second kappa shape index (κ2) is 9.12. The molecule has 6 heteroatoms. The van der Waals surface area contributed by atoms with Gasteiger partial charge in [0.2, 0.25) is 5.75 Å². The molecule has 2 N–H and O–H groups in total. The van der Waals surface area contributed by atoms with Crippen LogP contribution < -0.4 is 19.9 Å². The van der Waals surface area contributed by atoms with Gasteiger partial charge in [0.1, 0.15) is 0 Å². The van der Waals surface area contributed by atoms with Crippen LogP contribution in [-0.4, -0.2) is 31.7 Å². The van der Waals surface area contributed by atoms with E-state index < -0.39 is 0 Å². The third kappa shape index (κ3) is 4.28. The van der Waals surface area contributed by atoms with Crippen molar-refractivity contribution in [3.8, 4) is 34.1 Å². The predicted octanol–water partition coefficient (Wildman–Crippen LogP) is 5.29. The van der Waals surface area contributed by atoms with Crippen LogP contribution in [0, 0.1) is 6.92 Å². The van der Waals surface area contributed by atoms with Crippen LogP contribution in [0.3, 0.4) is 0 Å². The van der Waals surface area contributed by atoms with Crippen LogP contribution in [0.4, 0.5) is 5.69 Å². The second-order valence-electron chi connectivity index (χ2n) is 7.70.